The van der Waals surface area contributed by atoms with E-state index >= 15 is 0 Å². The topological polar surface area (TPSA) is 61.9 Å². The Morgan fingerprint density at radius 1 is 1.29 bits per heavy atom. The maximum Gasteiger partial charge on any atom is 0.321 e. The molecule has 0 radical (unpaired) electrons. The molecule has 1 atom stereocenters. The molecule has 1 unspecified atom stereocenters. The molecule has 6 nitrogen and oxygen atoms in total. The molecule has 1 N–H and O–H groups in total. The summed E-state index contributed by atoms with van der Waals surface area (Å²) >= 11 is 0. The highest BCUT2D eigenvalue weighted by Gasteiger charge is 2.38. The number of nitrogens with zero attached hydrogens (tertiary/aromatic N) is 2. The summed E-state index contributed by atoms with van der Waals surface area (Å²) in [7, 11) is 0. The van der Waals surface area contributed by atoms with Crippen molar-refractivity contribution in [2.45, 2.75) is 6.42 Å². The molecule has 1 aromatic rings. The summed E-state index contributed by atoms with van der Waals surface area (Å²) in [4.78, 5) is 27.5. The molecule has 0 saturated carbocycles. The largest absolute Gasteiger partial charge is 0.381 e. The predicted molar refractivity (Wildman–Crippen MR) is 85.5 cm³/mol. The molecule has 0 aromatic heterocycles. The van der Waals surface area contributed by atoms with Crippen LogP contribution in [0, 0.1) is 17.7 Å². The van der Waals surface area contributed by atoms with Gasteiger partial charge in [-0.15, -0.1) is 0 Å². The summed E-state index contributed by atoms with van der Waals surface area (Å²) in [5.74, 6) is 0.116. The number of urea groups is 1. The third-order valence-corrected chi connectivity index (χ3v) is 5.18. The van der Waals surface area contributed by atoms with Crippen LogP contribution in [0.25, 0.3) is 0 Å². The van der Waals surface area contributed by atoms with Crippen molar-refractivity contribution >= 4 is 17.6 Å². The fourth-order valence-corrected chi connectivity index (χ4v) is 3.63. The molecular weight excluding hydrogens is 313 g/mol. The third kappa shape index (κ3) is 2.62. The van der Waals surface area contributed by atoms with Crippen molar-refractivity contribution in [2.75, 3.05) is 44.3 Å². The Morgan fingerprint density at radius 2 is 2.12 bits per heavy atom. The Labute approximate surface area is 139 Å². The van der Waals surface area contributed by atoms with Crippen LogP contribution in [0.15, 0.2) is 18.2 Å². The van der Waals surface area contributed by atoms with E-state index in [0.29, 0.717) is 43.7 Å². The van der Waals surface area contributed by atoms with Crippen LogP contribution in [0.5, 0.6) is 0 Å². The van der Waals surface area contributed by atoms with Gasteiger partial charge in [-0.25, -0.2) is 9.18 Å². The molecule has 3 aliphatic heterocycles. The Hall–Kier alpha value is -2.15. The van der Waals surface area contributed by atoms with E-state index in [9.17, 15) is 14.0 Å². The quantitative estimate of drug-likeness (QED) is 0.911. The number of nitrogens with one attached hydrogen (secondary N) is 1. The molecule has 3 aliphatic rings. The number of likely N-dealkylation sites (tertiary alicyclic amines) is 1. The van der Waals surface area contributed by atoms with E-state index in [0.717, 1.165) is 19.6 Å². The van der Waals surface area contributed by atoms with Gasteiger partial charge in [0.1, 0.15) is 5.82 Å². The number of rotatable bonds is 3. The summed E-state index contributed by atoms with van der Waals surface area (Å²) in [6.07, 6.45) is 1.04. The second kappa shape index (κ2) is 6.05. The molecule has 3 amide bonds. The molecule has 4 rings (SSSR count). The van der Waals surface area contributed by atoms with Crippen LogP contribution < -0.4 is 10.2 Å². The lowest BCUT2D eigenvalue weighted by molar-refractivity contribution is 0.0338. The lowest BCUT2D eigenvalue weighted by atomic mass is 9.85. The number of ether oxygens (including phenoxy) is 1. The maximum absolute atomic E-state index is 14.1. The van der Waals surface area contributed by atoms with Crippen molar-refractivity contribution < 1.29 is 18.7 Å². The monoisotopic (exact) mass is 333 g/mol. The number of carbonyl (C=O) groups is 2. The molecule has 0 spiro atoms. The second-order valence-electron chi connectivity index (χ2n) is 6.64. The van der Waals surface area contributed by atoms with Gasteiger partial charge in [0.15, 0.2) is 0 Å². The van der Waals surface area contributed by atoms with Gasteiger partial charge >= 0.3 is 6.03 Å². The highest BCUT2D eigenvalue weighted by Crippen LogP contribution is 2.31. The Bertz CT molecular complexity index is 669. The summed E-state index contributed by atoms with van der Waals surface area (Å²) < 4.78 is 19.5. The standard InChI is InChI=1S/C17H20FN3O3/c18-15-2-1-13(21-5-4-19-17(21)23)7-14(15)16(22)20-8-12(9-20)11-3-6-24-10-11/h1-2,7,11-12H,3-6,8-10H2,(H,19,23). The fourth-order valence-electron chi connectivity index (χ4n) is 3.63. The maximum atomic E-state index is 14.1. The van der Waals surface area contributed by atoms with E-state index in [1.165, 1.54) is 23.1 Å². The molecule has 7 heteroatoms. The number of halogens is 1. The summed E-state index contributed by atoms with van der Waals surface area (Å²) in [6, 6.07) is 4.06. The minimum absolute atomic E-state index is 0.0355. The van der Waals surface area contributed by atoms with Crippen LogP contribution >= 0.6 is 0 Å². The summed E-state index contributed by atoms with van der Waals surface area (Å²) in [6.45, 7) is 3.94. The first-order chi connectivity index (χ1) is 11.6. The van der Waals surface area contributed by atoms with Crippen LogP contribution in [-0.2, 0) is 4.74 Å². The first-order valence-corrected chi connectivity index (χ1v) is 8.35. The fraction of sp³-hybridized carbons (Fsp3) is 0.529. The molecule has 0 aliphatic carbocycles. The molecular formula is C17H20FN3O3. The first-order valence-electron chi connectivity index (χ1n) is 8.35. The van der Waals surface area contributed by atoms with E-state index in [1.807, 2.05) is 0 Å². The Morgan fingerprint density at radius 3 is 2.79 bits per heavy atom. The zero-order valence-corrected chi connectivity index (χ0v) is 13.3. The average Bonchev–Trinajstić information content (AvgIpc) is 3.18. The minimum atomic E-state index is -0.545. The Balaban J connectivity index is 1.47. The van der Waals surface area contributed by atoms with Gasteiger partial charge < -0.3 is 15.0 Å². The van der Waals surface area contributed by atoms with Crippen LogP contribution in [0.4, 0.5) is 14.9 Å². The molecule has 0 bridgehead atoms. The van der Waals surface area contributed by atoms with Crippen molar-refractivity contribution in [1.29, 1.82) is 0 Å². The number of anilines is 1. The number of hydrogen-bond donors (Lipinski definition) is 1. The number of amides is 3. The van der Waals surface area contributed by atoms with Crippen molar-refractivity contribution in [3.05, 3.63) is 29.6 Å². The lowest BCUT2D eigenvalue weighted by Crippen LogP contribution is -2.53. The third-order valence-electron chi connectivity index (χ3n) is 5.18. The van der Waals surface area contributed by atoms with Crippen molar-refractivity contribution in [3.8, 4) is 0 Å². The Kier molecular flexibility index (Phi) is 3.88. The zero-order chi connectivity index (χ0) is 16.7. The van der Waals surface area contributed by atoms with Crippen LogP contribution in [0.2, 0.25) is 0 Å². The van der Waals surface area contributed by atoms with E-state index in [2.05, 4.69) is 5.32 Å². The lowest BCUT2D eigenvalue weighted by Gasteiger charge is -2.42. The van der Waals surface area contributed by atoms with Crippen LogP contribution in [0.1, 0.15) is 16.8 Å². The van der Waals surface area contributed by atoms with Crippen molar-refractivity contribution in [3.63, 3.8) is 0 Å². The smallest absolute Gasteiger partial charge is 0.321 e. The highest BCUT2D eigenvalue weighted by molar-refractivity contribution is 5.99. The molecule has 3 heterocycles. The minimum Gasteiger partial charge on any atom is -0.381 e. The van der Waals surface area contributed by atoms with Gasteiger partial charge in [-0.2, -0.15) is 0 Å². The molecule has 3 saturated heterocycles. The second-order valence-corrected chi connectivity index (χ2v) is 6.64. The van der Waals surface area contributed by atoms with Gasteiger partial charge in [-0.05, 0) is 36.5 Å². The van der Waals surface area contributed by atoms with Gasteiger partial charge in [0.25, 0.3) is 5.91 Å². The van der Waals surface area contributed by atoms with Gasteiger partial charge in [0.2, 0.25) is 0 Å². The average molecular weight is 333 g/mol. The number of benzene rings is 1. The van der Waals surface area contributed by atoms with E-state index < -0.39 is 5.82 Å². The number of hydrogen-bond acceptors (Lipinski definition) is 3. The van der Waals surface area contributed by atoms with E-state index in [1.54, 1.807) is 4.90 Å². The van der Waals surface area contributed by atoms with Crippen molar-refractivity contribution in [2.24, 2.45) is 11.8 Å². The predicted octanol–water partition coefficient (Wildman–Crippen LogP) is 1.46. The molecule has 24 heavy (non-hydrogen) atoms. The molecule has 3 fully saturated rings. The van der Waals surface area contributed by atoms with E-state index in [-0.39, 0.29) is 17.5 Å². The van der Waals surface area contributed by atoms with Gasteiger partial charge in [0.05, 0.1) is 5.56 Å². The number of carbonyl (C=O) groups excluding carboxylic acids is 2. The van der Waals surface area contributed by atoms with Crippen LogP contribution in [0.3, 0.4) is 0 Å². The van der Waals surface area contributed by atoms with Gasteiger partial charge in [-0.1, -0.05) is 0 Å². The van der Waals surface area contributed by atoms with Gasteiger partial charge in [-0.3, -0.25) is 9.69 Å². The normalized spacial score (nSPS) is 24.2. The zero-order valence-electron chi connectivity index (χ0n) is 13.3. The molecule has 128 valence electrons. The van der Waals surface area contributed by atoms with E-state index in [4.69, 9.17) is 4.74 Å². The van der Waals surface area contributed by atoms with Crippen molar-refractivity contribution in [1.82, 2.24) is 10.2 Å². The highest BCUT2D eigenvalue weighted by atomic mass is 19.1. The summed E-state index contributed by atoms with van der Waals surface area (Å²) in [5, 5.41) is 2.70. The molecule has 1 aromatic carbocycles. The SMILES string of the molecule is O=C(c1cc(N2CCNC2=O)ccc1F)N1CC(C2CCOC2)C1. The van der Waals surface area contributed by atoms with Gasteiger partial charge in [0, 0.05) is 45.1 Å². The summed E-state index contributed by atoms with van der Waals surface area (Å²) in [5.41, 5.74) is 0.587. The first kappa shape index (κ1) is 15.4. The van der Waals surface area contributed by atoms with Crippen LogP contribution in [-0.4, -0.2) is 56.2 Å².